The number of aryl methyl sites for hydroxylation is 1. The van der Waals surface area contributed by atoms with Crippen LogP contribution in [0.1, 0.15) is 11.1 Å². The van der Waals surface area contributed by atoms with Crippen LogP contribution in [-0.4, -0.2) is 73.2 Å². The standard InChI is InChI=1S/C16H24N2O3S/c1-13-3-2-4-14(9-13)10-17-5-7-18(8-6-17)15-11-22(20,21)12-16(15)19/h2-4,9,15-16,19H,5-8,10-12H2,1H3. The van der Waals surface area contributed by atoms with Crippen molar-refractivity contribution in [1.82, 2.24) is 9.80 Å². The quantitative estimate of drug-likeness (QED) is 0.865. The van der Waals surface area contributed by atoms with E-state index in [-0.39, 0.29) is 17.5 Å². The van der Waals surface area contributed by atoms with Gasteiger partial charge in [0.1, 0.15) is 0 Å². The van der Waals surface area contributed by atoms with Crippen LogP contribution in [0.4, 0.5) is 0 Å². The van der Waals surface area contributed by atoms with Crippen molar-refractivity contribution in [3.05, 3.63) is 35.4 Å². The highest BCUT2D eigenvalue weighted by atomic mass is 32.2. The van der Waals surface area contributed by atoms with Gasteiger partial charge in [-0.3, -0.25) is 9.80 Å². The number of piperazine rings is 1. The van der Waals surface area contributed by atoms with E-state index in [1.807, 2.05) is 0 Å². The van der Waals surface area contributed by atoms with Crippen LogP contribution in [0.25, 0.3) is 0 Å². The highest BCUT2D eigenvalue weighted by molar-refractivity contribution is 7.91. The minimum Gasteiger partial charge on any atom is -0.390 e. The Balaban J connectivity index is 1.54. The van der Waals surface area contributed by atoms with Gasteiger partial charge in [-0.15, -0.1) is 0 Å². The van der Waals surface area contributed by atoms with E-state index in [1.165, 1.54) is 11.1 Å². The van der Waals surface area contributed by atoms with Crippen LogP contribution >= 0.6 is 0 Å². The third kappa shape index (κ3) is 3.68. The fourth-order valence-electron chi connectivity index (χ4n) is 3.48. The average molecular weight is 324 g/mol. The number of benzene rings is 1. The van der Waals surface area contributed by atoms with Gasteiger partial charge >= 0.3 is 0 Å². The molecule has 3 rings (SSSR count). The summed E-state index contributed by atoms with van der Waals surface area (Å²) in [5.41, 5.74) is 2.59. The van der Waals surface area contributed by atoms with E-state index in [9.17, 15) is 13.5 Å². The van der Waals surface area contributed by atoms with Crippen LogP contribution in [0.15, 0.2) is 24.3 Å². The summed E-state index contributed by atoms with van der Waals surface area (Å²) in [4.78, 5) is 4.53. The summed E-state index contributed by atoms with van der Waals surface area (Å²) in [6.45, 7) is 6.50. The molecule has 0 radical (unpaired) electrons. The largest absolute Gasteiger partial charge is 0.390 e. The van der Waals surface area contributed by atoms with Crippen molar-refractivity contribution in [3.8, 4) is 0 Å². The molecule has 2 aliphatic heterocycles. The zero-order chi connectivity index (χ0) is 15.7. The lowest BCUT2D eigenvalue weighted by Crippen LogP contribution is -2.53. The van der Waals surface area contributed by atoms with E-state index >= 15 is 0 Å². The van der Waals surface area contributed by atoms with Crippen LogP contribution in [0, 0.1) is 6.92 Å². The molecule has 0 bridgehead atoms. The molecule has 22 heavy (non-hydrogen) atoms. The second-order valence-corrected chi connectivity index (χ2v) is 8.67. The third-order valence-electron chi connectivity index (χ3n) is 4.66. The zero-order valence-corrected chi connectivity index (χ0v) is 13.8. The molecule has 2 saturated heterocycles. The highest BCUT2D eigenvalue weighted by Crippen LogP contribution is 2.20. The first kappa shape index (κ1) is 15.9. The lowest BCUT2D eigenvalue weighted by atomic mass is 10.1. The number of nitrogens with zero attached hydrogens (tertiary/aromatic N) is 2. The smallest absolute Gasteiger partial charge is 0.154 e. The van der Waals surface area contributed by atoms with Gasteiger partial charge in [-0.05, 0) is 12.5 Å². The lowest BCUT2D eigenvalue weighted by molar-refractivity contribution is 0.0424. The maximum Gasteiger partial charge on any atom is 0.154 e. The van der Waals surface area contributed by atoms with Gasteiger partial charge in [0.05, 0.1) is 23.7 Å². The molecule has 0 amide bonds. The number of sulfone groups is 1. The van der Waals surface area contributed by atoms with Gasteiger partial charge in [0, 0.05) is 32.7 Å². The molecule has 2 fully saturated rings. The van der Waals surface area contributed by atoms with E-state index in [0.717, 1.165) is 32.7 Å². The first-order valence-corrected chi connectivity index (χ1v) is 9.65. The van der Waals surface area contributed by atoms with Crippen LogP contribution in [0.3, 0.4) is 0 Å². The maximum atomic E-state index is 11.6. The molecule has 1 aromatic rings. The molecular weight excluding hydrogens is 300 g/mol. The van der Waals surface area contributed by atoms with Gasteiger partial charge in [-0.2, -0.15) is 0 Å². The molecule has 1 N–H and O–H groups in total. The maximum absolute atomic E-state index is 11.6. The summed E-state index contributed by atoms with van der Waals surface area (Å²) < 4.78 is 23.3. The fraction of sp³-hybridized carbons (Fsp3) is 0.625. The van der Waals surface area contributed by atoms with Crippen LogP contribution in [0.5, 0.6) is 0 Å². The van der Waals surface area contributed by atoms with Gasteiger partial charge in [0.25, 0.3) is 0 Å². The summed E-state index contributed by atoms with van der Waals surface area (Å²) in [5.74, 6) is 0.0211. The molecule has 122 valence electrons. The summed E-state index contributed by atoms with van der Waals surface area (Å²) in [5, 5.41) is 9.97. The fourth-order valence-corrected chi connectivity index (χ4v) is 5.31. The van der Waals surface area contributed by atoms with Gasteiger partial charge in [0.15, 0.2) is 9.84 Å². The Bertz CT molecular complexity index is 624. The van der Waals surface area contributed by atoms with Gasteiger partial charge in [-0.25, -0.2) is 8.42 Å². The molecule has 2 atom stereocenters. The summed E-state index contributed by atoms with van der Waals surface area (Å²) >= 11 is 0. The molecule has 5 nitrogen and oxygen atoms in total. The first-order chi connectivity index (χ1) is 10.4. The molecule has 2 aliphatic rings. The number of hydrogen-bond donors (Lipinski definition) is 1. The van der Waals surface area contributed by atoms with Crippen molar-refractivity contribution in [2.24, 2.45) is 0 Å². The zero-order valence-electron chi connectivity index (χ0n) is 13.0. The minimum absolute atomic E-state index is 0.0822. The van der Waals surface area contributed by atoms with Crippen LogP contribution < -0.4 is 0 Å². The molecule has 0 spiro atoms. The Morgan fingerprint density at radius 3 is 2.50 bits per heavy atom. The van der Waals surface area contributed by atoms with Crippen molar-refractivity contribution in [2.45, 2.75) is 25.6 Å². The van der Waals surface area contributed by atoms with E-state index in [0.29, 0.717) is 0 Å². The van der Waals surface area contributed by atoms with E-state index < -0.39 is 15.9 Å². The second-order valence-electron chi connectivity index (χ2n) is 6.51. The van der Waals surface area contributed by atoms with E-state index in [2.05, 4.69) is 41.0 Å². The average Bonchev–Trinajstić information content (AvgIpc) is 2.73. The Labute approximate surface area is 132 Å². The predicted molar refractivity (Wildman–Crippen MR) is 86.5 cm³/mol. The molecule has 0 saturated carbocycles. The van der Waals surface area contributed by atoms with Crippen molar-refractivity contribution in [1.29, 1.82) is 0 Å². The number of hydrogen-bond acceptors (Lipinski definition) is 5. The van der Waals surface area contributed by atoms with Crippen molar-refractivity contribution < 1.29 is 13.5 Å². The van der Waals surface area contributed by atoms with E-state index in [4.69, 9.17) is 0 Å². The molecule has 0 aromatic heterocycles. The topological polar surface area (TPSA) is 60.9 Å². The number of rotatable bonds is 3. The summed E-state index contributed by atoms with van der Waals surface area (Å²) in [7, 11) is -3.07. The molecular formula is C16H24N2O3S. The SMILES string of the molecule is Cc1cccc(CN2CCN(C3CS(=O)(=O)CC3O)CC2)c1. The van der Waals surface area contributed by atoms with Crippen LogP contribution in [0.2, 0.25) is 0 Å². The molecule has 1 aromatic carbocycles. The van der Waals surface area contributed by atoms with E-state index in [1.54, 1.807) is 0 Å². The number of aliphatic hydroxyl groups excluding tert-OH is 1. The Kier molecular flexibility index (Phi) is 4.54. The highest BCUT2D eigenvalue weighted by Gasteiger charge is 2.40. The minimum atomic E-state index is -3.07. The molecule has 6 heteroatoms. The molecule has 0 aliphatic carbocycles. The Hall–Kier alpha value is -0.950. The lowest BCUT2D eigenvalue weighted by Gasteiger charge is -2.38. The van der Waals surface area contributed by atoms with Crippen molar-refractivity contribution >= 4 is 9.84 Å². The van der Waals surface area contributed by atoms with Crippen LogP contribution in [-0.2, 0) is 16.4 Å². The number of aliphatic hydroxyl groups is 1. The van der Waals surface area contributed by atoms with Crippen molar-refractivity contribution in [3.63, 3.8) is 0 Å². The summed E-state index contributed by atoms with van der Waals surface area (Å²) in [6.07, 6.45) is -0.728. The summed E-state index contributed by atoms with van der Waals surface area (Å²) in [6, 6.07) is 8.32. The second kappa shape index (κ2) is 6.28. The Morgan fingerprint density at radius 2 is 1.91 bits per heavy atom. The third-order valence-corrected chi connectivity index (χ3v) is 6.36. The monoisotopic (exact) mass is 324 g/mol. The van der Waals surface area contributed by atoms with Gasteiger partial charge in [0.2, 0.25) is 0 Å². The van der Waals surface area contributed by atoms with Gasteiger partial charge in [-0.1, -0.05) is 29.8 Å². The normalized spacial score (nSPS) is 29.7. The predicted octanol–water partition coefficient (Wildman–Crippen LogP) is 0.271. The molecule has 2 heterocycles. The van der Waals surface area contributed by atoms with Gasteiger partial charge < -0.3 is 5.11 Å². The Morgan fingerprint density at radius 1 is 1.18 bits per heavy atom. The first-order valence-electron chi connectivity index (χ1n) is 7.83. The molecule has 2 unspecified atom stereocenters. The van der Waals surface area contributed by atoms with Crippen molar-refractivity contribution in [2.75, 3.05) is 37.7 Å².